The van der Waals surface area contributed by atoms with E-state index in [1.165, 1.54) is 52.5 Å². The first-order chi connectivity index (χ1) is 23.9. The number of primary amides is 1. The van der Waals surface area contributed by atoms with Crippen LogP contribution in [0.4, 0.5) is 22.1 Å². The van der Waals surface area contributed by atoms with E-state index < -0.39 is 52.5 Å². The number of aryl methyl sites for hydroxylation is 1. The van der Waals surface area contributed by atoms with Crippen LogP contribution in [0.3, 0.4) is 0 Å². The number of amides is 4. The average molecular weight is 740 g/mol. The third-order valence-electron chi connectivity index (χ3n) is 7.60. The number of phenolic OH excluding ortho intramolecular Hbond substituents is 1. The van der Waals surface area contributed by atoms with Crippen LogP contribution in [0, 0.1) is 0 Å². The summed E-state index contributed by atoms with van der Waals surface area (Å²) >= 11 is 8.38. The molecule has 1 fully saturated rings. The van der Waals surface area contributed by atoms with Gasteiger partial charge in [0.2, 0.25) is 17.0 Å². The topological polar surface area (TPSA) is 255 Å². The number of β-lactam (4-membered cyclic amide) rings is 1. The van der Waals surface area contributed by atoms with Crippen molar-refractivity contribution in [2.24, 2.45) is 12.8 Å². The number of anilines is 3. The van der Waals surface area contributed by atoms with Gasteiger partial charge >= 0.3 is 12.0 Å². The van der Waals surface area contributed by atoms with Gasteiger partial charge in [0, 0.05) is 29.3 Å². The molecule has 0 saturated carbocycles. The minimum Gasteiger partial charge on any atom is -0.508 e. The van der Waals surface area contributed by atoms with Crippen molar-refractivity contribution in [3.8, 4) is 5.75 Å². The zero-order valence-electron chi connectivity index (χ0n) is 25.7. The molecule has 2 aromatic carbocycles. The molecule has 2 aliphatic heterocycles. The molecule has 4 amide bonds. The number of nitrogens with zero attached hydrogens (tertiary/aromatic N) is 7. The summed E-state index contributed by atoms with van der Waals surface area (Å²) in [6.07, 6.45) is 1.05. The minimum atomic E-state index is -1.62. The van der Waals surface area contributed by atoms with Gasteiger partial charge < -0.3 is 26.6 Å². The molecule has 7 N–H and O–H groups in total. The molecule has 4 heterocycles. The summed E-state index contributed by atoms with van der Waals surface area (Å²) in [7, 11) is 1.64. The third-order valence-corrected chi connectivity index (χ3v) is 10.3. The summed E-state index contributed by atoms with van der Waals surface area (Å²) in [5, 5.41) is 36.8. The lowest BCUT2D eigenvalue weighted by Gasteiger charge is -2.49. The molecule has 258 valence electrons. The van der Waals surface area contributed by atoms with Crippen molar-refractivity contribution in [3.63, 3.8) is 0 Å². The highest BCUT2D eigenvalue weighted by molar-refractivity contribution is 8.01. The Bertz CT molecular complexity index is 2070. The van der Waals surface area contributed by atoms with Gasteiger partial charge in [-0.1, -0.05) is 35.5 Å². The predicted molar refractivity (Wildman–Crippen MR) is 182 cm³/mol. The quantitative estimate of drug-likeness (QED) is 0.0943. The normalized spacial score (nSPS) is 17.4. The zero-order chi connectivity index (χ0) is 35.7. The number of H-pyrrole nitrogens is 1. The molecule has 0 bridgehead atoms. The number of benzene rings is 2. The van der Waals surface area contributed by atoms with Crippen LogP contribution in [0.25, 0.3) is 0 Å². The molecule has 2 aliphatic rings. The largest absolute Gasteiger partial charge is 0.508 e. The van der Waals surface area contributed by atoms with Crippen molar-refractivity contribution in [2.45, 2.75) is 22.6 Å². The van der Waals surface area contributed by atoms with Crippen molar-refractivity contribution in [2.75, 3.05) is 21.7 Å². The molecule has 21 heteroatoms. The number of aromatic amines is 1. The first kappa shape index (κ1) is 34.3. The van der Waals surface area contributed by atoms with Crippen molar-refractivity contribution in [1.29, 1.82) is 0 Å². The van der Waals surface area contributed by atoms with E-state index in [1.54, 1.807) is 31.3 Å². The van der Waals surface area contributed by atoms with Crippen molar-refractivity contribution in [3.05, 3.63) is 86.9 Å². The van der Waals surface area contributed by atoms with Crippen molar-refractivity contribution in [1.82, 2.24) is 40.4 Å². The fraction of sp³-hybridized carbons (Fsp3) is 0.207. The lowest BCUT2D eigenvalue weighted by Crippen LogP contribution is -2.71. The number of fused-ring (bicyclic) bond motifs is 1. The average Bonchev–Trinajstić information content (AvgIpc) is 3.50. The lowest BCUT2D eigenvalue weighted by atomic mass is 10.00. The number of phenols is 1. The first-order valence-electron chi connectivity index (χ1n) is 14.5. The van der Waals surface area contributed by atoms with Gasteiger partial charge in [-0.15, -0.1) is 16.9 Å². The van der Waals surface area contributed by atoms with E-state index in [-0.39, 0.29) is 34.5 Å². The maximum absolute atomic E-state index is 14.1. The number of tetrazole rings is 1. The monoisotopic (exact) mass is 739 g/mol. The summed E-state index contributed by atoms with van der Waals surface area (Å²) in [6.45, 7) is 0. The van der Waals surface area contributed by atoms with Gasteiger partial charge in [0.05, 0.1) is 6.20 Å². The second kappa shape index (κ2) is 14.1. The number of aliphatic carboxylic acids is 1. The molecule has 4 aromatic rings. The molecule has 50 heavy (non-hydrogen) atoms. The van der Waals surface area contributed by atoms with Crippen LogP contribution >= 0.6 is 35.1 Å². The summed E-state index contributed by atoms with van der Waals surface area (Å²) in [5.74, 6) is -2.62. The second-order valence-electron chi connectivity index (χ2n) is 10.8. The number of hydrogen-bond donors (Lipinski definition) is 6. The second-order valence-corrected chi connectivity index (χ2v) is 13.3. The fourth-order valence-corrected chi connectivity index (χ4v) is 7.74. The summed E-state index contributed by atoms with van der Waals surface area (Å²) in [6, 6.07) is 7.77. The molecule has 0 aliphatic carbocycles. The van der Waals surface area contributed by atoms with Gasteiger partial charge in [-0.25, -0.2) is 19.3 Å². The number of urea groups is 1. The van der Waals surface area contributed by atoms with E-state index in [1.807, 2.05) is 0 Å². The molecule has 2 unspecified atom stereocenters. The molecular weight excluding hydrogens is 714 g/mol. The van der Waals surface area contributed by atoms with Crippen LogP contribution in [0.1, 0.15) is 11.6 Å². The lowest BCUT2D eigenvalue weighted by molar-refractivity contribution is -0.150. The predicted octanol–water partition coefficient (Wildman–Crippen LogP) is 1.55. The Kier molecular flexibility index (Phi) is 9.66. The molecule has 3 atom stereocenters. The number of thioether (sulfide) groups is 2. The number of hydrogen-bond acceptors (Lipinski definition) is 13. The number of rotatable bonds is 11. The molecule has 0 radical (unpaired) electrons. The highest BCUT2D eigenvalue weighted by atomic mass is 35.5. The Morgan fingerprint density at radius 3 is 2.52 bits per heavy atom. The third kappa shape index (κ3) is 6.80. The molecule has 0 spiro atoms. The van der Waals surface area contributed by atoms with Crippen LogP contribution in [-0.2, 0) is 21.4 Å². The Labute approximate surface area is 295 Å². The highest BCUT2D eigenvalue weighted by Crippen LogP contribution is 2.42. The van der Waals surface area contributed by atoms with Crippen LogP contribution in [0.5, 0.6) is 5.75 Å². The molecular formula is C29H26ClN11O7S2. The zero-order valence-corrected chi connectivity index (χ0v) is 28.1. The van der Waals surface area contributed by atoms with E-state index in [4.69, 9.17) is 17.3 Å². The highest BCUT2D eigenvalue weighted by Gasteiger charge is 2.55. The Morgan fingerprint density at radius 2 is 1.90 bits per heavy atom. The van der Waals surface area contributed by atoms with Gasteiger partial charge in [0.15, 0.2) is 0 Å². The smallest absolute Gasteiger partial charge is 0.352 e. The number of carboxylic acid groups (broad SMARTS) is 1. The maximum Gasteiger partial charge on any atom is 0.352 e. The molecule has 2 aromatic heterocycles. The summed E-state index contributed by atoms with van der Waals surface area (Å²) in [4.78, 5) is 74.7. The maximum atomic E-state index is 14.1. The number of aromatic nitrogens is 6. The number of carbonyl (C=O) groups is 4. The van der Waals surface area contributed by atoms with Crippen molar-refractivity contribution < 1.29 is 29.4 Å². The van der Waals surface area contributed by atoms with Crippen LogP contribution in [-0.4, -0.2) is 92.0 Å². The SMILES string of the molecule is Cn1nnnc1SCC1=C(C(=O)O)N2C(=O)C(NC(=O)C(c3ccc(O)cc3)N(C(N)=O)c3cnc(Nc4ccc(Cl)cc4)[nH]c3=O)[C@@H]2SC1. The van der Waals surface area contributed by atoms with E-state index in [9.17, 15) is 34.2 Å². The Balaban J connectivity index is 1.26. The van der Waals surface area contributed by atoms with E-state index in [2.05, 4.69) is 36.1 Å². The van der Waals surface area contributed by atoms with Gasteiger partial charge in [0.25, 0.3) is 11.5 Å². The summed E-state index contributed by atoms with van der Waals surface area (Å²) in [5.41, 5.74) is 5.47. The van der Waals surface area contributed by atoms with Gasteiger partial charge in [-0.2, -0.15) is 0 Å². The van der Waals surface area contributed by atoms with Gasteiger partial charge in [-0.05, 0) is 58.0 Å². The standard InChI is InChI=1S/C29H26ClN11O7S2/c1-39-29(36-37-38-39)50-12-14-11-49-25-19(24(45)41(25)21(14)26(46)47)34-23(44)20(13-2-8-17(42)9-3-13)40(27(31)48)18-10-32-28(35-22(18)43)33-16-6-4-15(30)5-7-16/h2-10,19-20,25,42H,11-12H2,1H3,(H2,31,48)(H,34,44)(H,46,47)(H2,32,33,35,43)/t19?,20?,25-/m0/s1. The minimum absolute atomic E-state index is 0.0129. The number of carbonyl (C=O) groups excluding carboxylic acids is 3. The van der Waals surface area contributed by atoms with Crippen LogP contribution < -0.4 is 26.8 Å². The molecule has 6 rings (SSSR count). The van der Waals surface area contributed by atoms with Crippen LogP contribution in [0.2, 0.25) is 5.02 Å². The summed E-state index contributed by atoms with van der Waals surface area (Å²) < 4.78 is 1.43. The number of nitrogens with two attached hydrogens (primary N) is 1. The fourth-order valence-electron chi connectivity index (χ4n) is 5.27. The van der Waals surface area contributed by atoms with Crippen LogP contribution in [0.15, 0.2) is 75.9 Å². The van der Waals surface area contributed by atoms with E-state index in [0.29, 0.717) is 26.3 Å². The number of nitrogens with one attached hydrogen (secondary N) is 3. The molecule has 18 nitrogen and oxygen atoms in total. The Hall–Kier alpha value is -5.60. The first-order valence-corrected chi connectivity index (χ1v) is 16.9. The van der Waals surface area contributed by atoms with Crippen molar-refractivity contribution >= 4 is 76.3 Å². The van der Waals surface area contributed by atoms with Gasteiger partial charge in [0.1, 0.15) is 34.6 Å². The number of carboxylic acids is 1. The number of aromatic hydroxyl groups is 1. The van der Waals surface area contributed by atoms with E-state index in [0.717, 1.165) is 11.1 Å². The van der Waals surface area contributed by atoms with E-state index >= 15 is 0 Å². The number of halogens is 1. The molecule has 1 saturated heterocycles. The van der Waals surface area contributed by atoms with Gasteiger partial charge in [-0.3, -0.25) is 29.2 Å². The Morgan fingerprint density at radius 1 is 1.18 bits per heavy atom.